The Bertz CT molecular complexity index is 1110. The van der Waals surface area contributed by atoms with E-state index in [1.807, 2.05) is 13.8 Å². The van der Waals surface area contributed by atoms with Crippen LogP contribution in [0.5, 0.6) is 5.75 Å². The number of benzene rings is 2. The molecule has 34 heavy (non-hydrogen) atoms. The lowest BCUT2D eigenvalue weighted by Gasteiger charge is -2.31. The molecule has 2 aromatic carbocycles. The smallest absolute Gasteiger partial charge is 0.295 e. The minimum atomic E-state index is -1.02. The van der Waals surface area contributed by atoms with Crippen LogP contribution >= 0.6 is 0 Å². The molecule has 1 N–H and O–H groups in total. The standard InChI is InChI=1S/C26H29FN2O5/c1-3-34-21-9-8-18(16-17(21)2)24(30)22-23(19-6-4-5-7-20(19)27)29(26(32)25(22)31)11-10-28-12-14-33-15-13-28/h4-9,16,23,30H,3,10-15H2,1-2H3/b24-22+. The van der Waals surface area contributed by atoms with Crippen molar-refractivity contribution in [3.8, 4) is 5.75 Å². The Morgan fingerprint density at radius 1 is 1.15 bits per heavy atom. The summed E-state index contributed by atoms with van der Waals surface area (Å²) in [6, 6.07) is 10.1. The molecule has 180 valence electrons. The fourth-order valence-corrected chi connectivity index (χ4v) is 4.47. The molecule has 1 atom stereocenters. The summed E-state index contributed by atoms with van der Waals surface area (Å²) >= 11 is 0. The third-order valence-corrected chi connectivity index (χ3v) is 6.25. The van der Waals surface area contributed by atoms with Gasteiger partial charge in [-0.2, -0.15) is 0 Å². The van der Waals surface area contributed by atoms with Gasteiger partial charge in [-0.15, -0.1) is 0 Å². The first-order chi connectivity index (χ1) is 16.4. The van der Waals surface area contributed by atoms with Crippen molar-refractivity contribution in [3.05, 3.63) is 70.5 Å². The Balaban J connectivity index is 1.75. The average Bonchev–Trinajstić information content (AvgIpc) is 3.09. The second kappa shape index (κ2) is 10.4. The number of carbonyl (C=O) groups is 2. The Morgan fingerprint density at radius 3 is 2.56 bits per heavy atom. The summed E-state index contributed by atoms with van der Waals surface area (Å²) in [6.07, 6.45) is 0. The van der Waals surface area contributed by atoms with Crippen molar-refractivity contribution in [1.29, 1.82) is 0 Å². The SMILES string of the molecule is CCOc1ccc(/C(O)=C2\C(=O)C(=O)N(CCN3CCOCC3)C2c2ccccc2F)cc1C. The molecule has 0 saturated carbocycles. The van der Waals surface area contributed by atoms with Crippen molar-refractivity contribution >= 4 is 17.4 Å². The number of rotatable bonds is 7. The Hall–Kier alpha value is -3.23. The van der Waals surface area contributed by atoms with Crippen LogP contribution in [0.15, 0.2) is 48.0 Å². The second-order valence-corrected chi connectivity index (χ2v) is 8.38. The molecule has 0 spiro atoms. The summed E-state index contributed by atoms with van der Waals surface area (Å²) < 4.78 is 25.8. The van der Waals surface area contributed by atoms with E-state index in [9.17, 15) is 19.1 Å². The predicted octanol–water partition coefficient (Wildman–Crippen LogP) is 3.29. The van der Waals surface area contributed by atoms with Gasteiger partial charge in [0.25, 0.3) is 11.7 Å². The van der Waals surface area contributed by atoms with Crippen molar-refractivity contribution in [2.45, 2.75) is 19.9 Å². The third-order valence-electron chi connectivity index (χ3n) is 6.25. The first-order valence-electron chi connectivity index (χ1n) is 11.5. The van der Waals surface area contributed by atoms with Crippen molar-refractivity contribution in [2.24, 2.45) is 0 Å². The van der Waals surface area contributed by atoms with Gasteiger partial charge < -0.3 is 19.5 Å². The first-order valence-corrected chi connectivity index (χ1v) is 11.5. The van der Waals surface area contributed by atoms with Gasteiger partial charge >= 0.3 is 0 Å². The normalized spacial score (nSPS) is 20.7. The molecule has 2 aliphatic rings. The number of likely N-dealkylation sites (tertiary alicyclic amines) is 1. The van der Waals surface area contributed by atoms with Gasteiger partial charge in [-0.1, -0.05) is 18.2 Å². The van der Waals surface area contributed by atoms with E-state index in [-0.39, 0.29) is 23.4 Å². The number of aryl methyl sites for hydroxylation is 1. The van der Waals surface area contributed by atoms with Crippen LogP contribution in [0.25, 0.3) is 5.76 Å². The van der Waals surface area contributed by atoms with E-state index in [1.165, 1.54) is 11.0 Å². The number of carbonyl (C=O) groups excluding carboxylic acids is 2. The maximum Gasteiger partial charge on any atom is 0.295 e. The van der Waals surface area contributed by atoms with Gasteiger partial charge in [0.1, 0.15) is 17.3 Å². The molecule has 2 aromatic rings. The van der Waals surface area contributed by atoms with E-state index < -0.39 is 23.5 Å². The van der Waals surface area contributed by atoms with E-state index >= 15 is 0 Å². The molecule has 4 rings (SSSR count). The lowest BCUT2D eigenvalue weighted by atomic mass is 9.94. The van der Waals surface area contributed by atoms with Crippen LogP contribution in [-0.4, -0.2) is 72.6 Å². The fraction of sp³-hybridized carbons (Fsp3) is 0.385. The van der Waals surface area contributed by atoms with Crippen LogP contribution in [0.1, 0.15) is 29.7 Å². The summed E-state index contributed by atoms with van der Waals surface area (Å²) in [4.78, 5) is 29.7. The van der Waals surface area contributed by atoms with Crippen molar-refractivity contribution in [1.82, 2.24) is 9.80 Å². The molecule has 8 heteroatoms. The number of amides is 1. The minimum absolute atomic E-state index is 0.111. The van der Waals surface area contributed by atoms with Crippen LogP contribution < -0.4 is 4.74 Å². The molecule has 1 amide bonds. The summed E-state index contributed by atoms with van der Waals surface area (Å²) in [5.41, 5.74) is 1.21. The molecular weight excluding hydrogens is 439 g/mol. The van der Waals surface area contributed by atoms with Gasteiger partial charge in [0.05, 0.1) is 31.4 Å². The summed E-state index contributed by atoms with van der Waals surface area (Å²) in [5.74, 6) is -1.77. The van der Waals surface area contributed by atoms with E-state index in [2.05, 4.69) is 4.90 Å². The number of hydrogen-bond donors (Lipinski definition) is 1. The first kappa shape index (κ1) is 23.9. The van der Waals surface area contributed by atoms with Gasteiger partial charge in [0.2, 0.25) is 0 Å². The fourth-order valence-electron chi connectivity index (χ4n) is 4.47. The highest BCUT2D eigenvalue weighted by atomic mass is 19.1. The van der Waals surface area contributed by atoms with Gasteiger partial charge in [-0.05, 0) is 43.7 Å². The molecular formula is C26H29FN2O5. The zero-order valence-electron chi connectivity index (χ0n) is 19.4. The van der Waals surface area contributed by atoms with E-state index in [0.29, 0.717) is 37.7 Å². The highest BCUT2D eigenvalue weighted by Gasteiger charge is 2.46. The largest absolute Gasteiger partial charge is 0.507 e. The van der Waals surface area contributed by atoms with Crippen LogP contribution in [0.2, 0.25) is 0 Å². The summed E-state index contributed by atoms with van der Waals surface area (Å²) in [5, 5.41) is 11.2. The van der Waals surface area contributed by atoms with Gasteiger partial charge in [0, 0.05) is 37.3 Å². The molecule has 2 fully saturated rings. The van der Waals surface area contributed by atoms with Gasteiger partial charge in [0.15, 0.2) is 0 Å². The summed E-state index contributed by atoms with van der Waals surface area (Å²) in [7, 11) is 0. The number of nitrogens with zero attached hydrogens (tertiary/aromatic N) is 2. The average molecular weight is 469 g/mol. The Labute approximate surface area is 198 Å². The van der Waals surface area contributed by atoms with E-state index in [1.54, 1.807) is 36.4 Å². The highest BCUT2D eigenvalue weighted by Crippen LogP contribution is 2.40. The number of aliphatic hydroxyl groups is 1. The van der Waals surface area contributed by atoms with Crippen molar-refractivity contribution in [2.75, 3.05) is 46.0 Å². The molecule has 1 unspecified atom stereocenters. The minimum Gasteiger partial charge on any atom is -0.507 e. The molecule has 0 aliphatic carbocycles. The molecule has 2 heterocycles. The monoisotopic (exact) mass is 468 g/mol. The molecule has 2 aliphatic heterocycles. The molecule has 0 radical (unpaired) electrons. The lowest BCUT2D eigenvalue weighted by molar-refractivity contribution is -0.140. The lowest BCUT2D eigenvalue weighted by Crippen LogP contribution is -2.42. The quantitative estimate of drug-likeness (QED) is 0.382. The number of hydrogen-bond acceptors (Lipinski definition) is 6. The number of ketones is 1. The number of morpholine rings is 1. The zero-order chi connectivity index (χ0) is 24.2. The van der Waals surface area contributed by atoms with Gasteiger partial charge in [-0.3, -0.25) is 14.5 Å². The number of Topliss-reactive ketones (excluding diaryl/α,β-unsaturated/α-hetero) is 1. The molecule has 0 bridgehead atoms. The zero-order valence-corrected chi connectivity index (χ0v) is 19.4. The van der Waals surface area contributed by atoms with E-state index in [4.69, 9.17) is 9.47 Å². The number of aliphatic hydroxyl groups excluding tert-OH is 1. The molecule has 2 saturated heterocycles. The number of ether oxygens (including phenoxy) is 2. The third kappa shape index (κ3) is 4.69. The second-order valence-electron chi connectivity index (χ2n) is 8.38. The topological polar surface area (TPSA) is 79.3 Å². The maximum absolute atomic E-state index is 14.9. The Kier molecular flexibility index (Phi) is 7.29. The van der Waals surface area contributed by atoms with Crippen LogP contribution in [0.3, 0.4) is 0 Å². The maximum atomic E-state index is 14.9. The molecule has 0 aromatic heterocycles. The number of halogens is 1. The van der Waals surface area contributed by atoms with Crippen LogP contribution in [0.4, 0.5) is 4.39 Å². The highest BCUT2D eigenvalue weighted by molar-refractivity contribution is 6.46. The summed E-state index contributed by atoms with van der Waals surface area (Å²) in [6.45, 7) is 7.59. The van der Waals surface area contributed by atoms with Crippen LogP contribution in [-0.2, 0) is 14.3 Å². The van der Waals surface area contributed by atoms with Crippen molar-refractivity contribution < 1.29 is 28.6 Å². The predicted molar refractivity (Wildman–Crippen MR) is 125 cm³/mol. The van der Waals surface area contributed by atoms with Gasteiger partial charge in [-0.25, -0.2) is 4.39 Å². The molecule has 7 nitrogen and oxygen atoms in total. The van der Waals surface area contributed by atoms with Crippen molar-refractivity contribution in [3.63, 3.8) is 0 Å². The van der Waals surface area contributed by atoms with E-state index in [0.717, 1.165) is 18.7 Å². The van der Waals surface area contributed by atoms with Crippen LogP contribution in [0, 0.1) is 12.7 Å². The Morgan fingerprint density at radius 2 is 1.88 bits per heavy atom.